The monoisotopic (exact) mass is 336 g/mol. The van der Waals surface area contributed by atoms with Gasteiger partial charge in [0.25, 0.3) is 0 Å². The summed E-state index contributed by atoms with van der Waals surface area (Å²) in [6.45, 7) is 5.64. The van der Waals surface area contributed by atoms with Gasteiger partial charge in [-0.15, -0.1) is 0 Å². The molecule has 0 aromatic carbocycles. The molecule has 0 aliphatic carbocycles. The molecule has 0 N–H and O–H groups in total. The fourth-order valence-corrected chi connectivity index (χ4v) is 2.90. The normalized spacial score (nSPS) is 11.0. The lowest BCUT2D eigenvalue weighted by Gasteiger charge is -2.02. The van der Waals surface area contributed by atoms with E-state index in [-0.39, 0.29) is 5.97 Å². The molecular weight excluding hydrogens is 296 g/mol. The van der Waals surface area contributed by atoms with Crippen LogP contribution in [-0.2, 0) is 9.53 Å². The Balaban J connectivity index is 3.11. The van der Waals surface area contributed by atoms with Crippen LogP contribution in [0.15, 0.2) is 25.0 Å². The van der Waals surface area contributed by atoms with Crippen LogP contribution in [0.1, 0.15) is 110 Å². The lowest BCUT2D eigenvalue weighted by atomic mass is 10.0. The average molecular weight is 337 g/mol. The van der Waals surface area contributed by atoms with E-state index in [0.717, 1.165) is 6.42 Å². The molecule has 140 valence electrons. The summed E-state index contributed by atoms with van der Waals surface area (Å²) in [5.41, 5.74) is 0. The van der Waals surface area contributed by atoms with Crippen molar-refractivity contribution in [2.24, 2.45) is 0 Å². The molecule has 0 amide bonds. The largest absolute Gasteiger partial charge is 0.435 e. The Labute approximate surface area is 150 Å². The van der Waals surface area contributed by atoms with E-state index in [1.165, 1.54) is 96.2 Å². The number of allylic oxidation sites excluding steroid dienone is 1. The van der Waals surface area contributed by atoms with Gasteiger partial charge in [-0.1, -0.05) is 109 Å². The number of unbranched alkanes of at least 4 members (excludes halogenated alkanes) is 14. The van der Waals surface area contributed by atoms with E-state index < -0.39 is 0 Å². The van der Waals surface area contributed by atoms with E-state index in [1.54, 1.807) is 0 Å². The minimum Gasteiger partial charge on any atom is -0.435 e. The highest BCUT2D eigenvalue weighted by atomic mass is 16.5. The van der Waals surface area contributed by atoms with Gasteiger partial charge < -0.3 is 4.74 Å². The van der Waals surface area contributed by atoms with Crippen molar-refractivity contribution in [2.75, 3.05) is 0 Å². The maximum absolute atomic E-state index is 11.1. The summed E-state index contributed by atoms with van der Waals surface area (Å²) < 4.78 is 4.64. The van der Waals surface area contributed by atoms with Crippen molar-refractivity contribution >= 4 is 5.97 Å². The highest BCUT2D eigenvalue weighted by Crippen LogP contribution is 2.13. The van der Waals surface area contributed by atoms with E-state index in [1.807, 2.05) is 6.08 Å². The van der Waals surface area contributed by atoms with Gasteiger partial charge >= 0.3 is 5.97 Å². The lowest BCUT2D eigenvalue weighted by molar-refractivity contribution is -0.136. The molecule has 0 aliphatic rings. The fourth-order valence-electron chi connectivity index (χ4n) is 2.90. The first-order valence-corrected chi connectivity index (χ1v) is 10.3. The molecule has 0 saturated heterocycles. The Morgan fingerprint density at radius 1 is 0.750 bits per heavy atom. The number of hydrogen-bond acceptors (Lipinski definition) is 2. The van der Waals surface area contributed by atoms with Gasteiger partial charge in [0.05, 0.1) is 12.7 Å². The SMILES string of the molecule is C=COC(=O)C/C=C/CCCCCCCCCCCCCCCC. The Bertz CT molecular complexity index is 307. The molecule has 0 aromatic heterocycles. The van der Waals surface area contributed by atoms with Gasteiger partial charge in [-0.05, 0) is 12.8 Å². The number of hydrogen-bond donors (Lipinski definition) is 0. The van der Waals surface area contributed by atoms with Crippen molar-refractivity contribution in [1.82, 2.24) is 0 Å². The van der Waals surface area contributed by atoms with Crippen molar-refractivity contribution in [3.05, 3.63) is 25.0 Å². The third kappa shape index (κ3) is 19.0. The number of carbonyl (C=O) groups is 1. The van der Waals surface area contributed by atoms with Crippen molar-refractivity contribution < 1.29 is 9.53 Å². The van der Waals surface area contributed by atoms with Crippen LogP contribution in [0, 0.1) is 0 Å². The molecular formula is C22H40O2. The number of rotatable bonds is 18. The third-order valence-corrected chi connectivity index (χ3v) is 4.39. The predicted octanol–water partition coefficient (Wildman–Crippen LogP) is 7.49. The molecule has 0 spiro atoms. The Kier molecular flexibility index (Phi) is 19.1. The molecule has 0 bridgehead atoms. The maximum Gasteiger partial charge on any atom is 0.314 e. The zero-order valence-corrected chi connectivity index (χ0v) is 16.1. The minimum atomic E-state index is -0.234. The topological polar surface area (TPSA) is 26.3 Å². The van der Waals surface area contributed by atoms with Crippen LogP contribution in [0.2, 0.25) is 0 Å². The van der Waals surface area contributed by atoms with Crippen molar-refractivity contribution in [3.63, 3.8) is 0 Å². The van der Waals surface area contributed by atoms with Gasteiger partial charge in [0.15, 0.2) is 0 Å². The van der Waals surface area contributed by atoms with Crippen LogP contribution in [0.4, 0.5) is 0 Å². The molecule has 2 nitrogen and oxygen atoms in total. The van der Waals surface area contributed by atoms with E-state index >= 15 is 0 Å². The van der Waals surface area contributed by atoms with Gasteiger partial charge in [0.2, 0.25) is 0 Å². The molecule has 0 aliphatic heterocycles. The molecule has 0 fully saturated rings. The molecule has 24 heavy (non-hydrogen) atoms. The van der Waals surface area contributed by atoms with Gasteiger partial charge in [-0.2, -0.15) is 0 Å². The van der Waals surface area contributed by atoms with Crippen LogP contribution in [0.25, 0.3) is 0 Å². The summed E-state index contributed by atoms with van der Waals surface area (Å²) in [5.74, 6) is -0.234. The highest BCUT2D eigenvalue weighted by Gasteiger charge is 1.95. The van der Waals surface area contributed by atoms with Crippen molar-refractivity contribution in [2.45, 2.75) is 110 Å². The van der Waals surface area contributed by atoms with Crippen LogP contribution in [-0.4, -0.2) is 5.97 Å². The third-order valence-electron chi connectivity index (χ3n) is 4.39. The summed E-state index contributed by atoms with van der Waals surface area (Å²) in [6.07, 6.45) is 26.1. The van der Waals surface area contributed by atoms with E-state index in [2.05, 4.69) is 24.3 Å². The molecule has 0 heterocycles. The number of carbonyl (C=O) groups excluding carboxylic acids is 1. The first-order chi connectivity index (χ1) is 11.8. The predicted molar refractivity (Wildman–Crippen MR) is 105 cm³/mol. The maximum atomic E-state index is 11.1. The van der Waals surface area contributed by atoms with Crippen LogP contribution in [0.3, 0.4) is 0 Å². The average Bonchev–Trinajstić information content (AvgIpc) is 2.58. The van der Waals surface area contributed by atoms with Gasteiger partial charge in [0, 0.05) is 0 Å². The fraction of sp³-hybridized carbons (Fsp3) is 0.773. The van der Waals surface area contributed by atoms with Gasteiger partial charge in [-0.3, -0.25) is 4.79 Å². The standard InChI is InChI=1S/C22H40O2/c1-3-5-6-7-8-9-10-11-12-13-14-15-16-17-18-19-20-21-22(23)24-4-2/h4,19-20H,2-3,5-18,21H2,1H3/b20-19+. The first-order valence-electron chi connectivity index (χ1n) is 10.3. The van der Waals surface area contributed by atoms with E-state index in [0.29, 0.717) is 6.42 Å². The Morgan fingerprint density at radius 2 is 1.21 bits per heavy atom. The second-order valence-electron chi connectivity index (χ2n) is 6.72. The summed E-state index contributed by atoms with van der Waals surface area (Å²) in [4.78, 5) is 11.1. The minimum absolute atomic E-state index is 0.234. The molecule has 0 atom stereocenters. The smallest absolute Gasteiger partial charge is 0.314 e. The summed E-state index contributed by atoms with van der Waals surface area (Å²) in [6, 6.07) is 0. The number of ether oxygens (including phenoxy) is 1. The molecule has 0 aromatic rings. The van der Waals surface area contributed by atoms with Crippen molar-refractivity contribution in [1.29, 1.82) is 0 Å². The van der Waals surface area contributed by atoms with Crippen LogP contribution >= 0.6 is 0 Å². The van der Waals surface area contributed by atoms with Gasteiger partial charge in [-0.25, -0.2) is 0 Å². The lowest BCUT2D eigenvalue weighted by Crippen LogP contribution is -1.95. The molecule has 2 heteroatoms. The van der Waals surface area contributed by atoms with E-state index in [9.17, 15) is 4.79 Å². The second kappa shape index (κ2) is 20.0. The summed E-state index contributed by atoms with van der Waals surface area (Å²) in [7, 11) is 0. The Morgan fingerprint density at radius 3 is 1.67 bits per heavy atom. The van der Waals surface area contributed by atoms with Gasteiger partial charge in [0.1, 0.15) is 0 Å². The first kappa shape index (κ1) is 22.9. The molecule has 0 unspecified atom stereocenters. The molecule has 0 radical (unpaired) electrons. The Hall–Kier alpha value is -1.05. The van der Waals surface area contributed by atoms with Crippen LogP contribution < -0.4 is 0 Å². The zero-order valence-electron chi connectivity index (χ0n) is 16.1. The van der Waals surface area contributed by atoms with Crippen molar-refractivity contribution in [3.8, 4) is 0 Å². The number of esters is 1. The quantitative estimate of drug-likeness (QED) is 0.112. The molecule has 0 saturated carbocycles. The highest BCUT2D eigenvalue weighted by molar-refractivity contribution is 5.71. The second-order valence-corrected chi connectivity index (χ2v) is 6.72. The zero-order chi connectivity index (χ0) is 17.7. The summed E-state index contributed by atoms with van der Waals surface area (Å²) in [5, 5.41) is 0. The molecule has 0 rings (SSSR count). The van der Waals surface area contributed by atoms with Crippen LogP contribution in [0.5, 0.6) is 0 Å². The van der Waals surface area contributed by atoms with E-state index in [4.69, 9.17) is 0 Å². The summed E-state index contributed by atoms with van der Waals surface area (Å²) >= 11 is 0.